The topological polar surface area (TPSA) is 75.6 Å². The van der Waals surface area contributed by atoms with Crippen molar-refractivity contribution in [3.63, 3.8) is 0 Å². The lowest BCUT2D eigenvalue weighted by molar-refractivity contribution is -0.111. The average Bonchev–Trinajstić information content (AvgIpc) is 3.60. The number of nitrogens with one attached hydrogen (secondary N) is 2. The Bertz CT molecular complexity index is 1350. The first-order chi connectivity index (χ1) is 15.8. The van der Waals surface area contributed by atoms with Gasteiger partial charge in [0, 0.05) is 41.5 Å². The minimum atomic E-state index is -0.216. The van der Waals surface area contributed by atoms with Gasteiger partial charge in [-0.15, -0.1) is 11.3 Å². The molecule has 5 aromatic rings. The van der Waals surface area contributed by atoms with E-state index in [-0.39, 0.29) is 5.91 Å². The monoisotopic (exact) mass is 437 g/mol. The predicted molar refractivity (Wildman–Crippen MR) is 129 cm³/mol. The predicted octanol–water partition coefficient (Wildman–Crippen LogP) is 5.64. The molecule has 2 aromatic carbocycles. The maximum atomic E-state index is 12.6. The van der Waals surface area contributed by atoms with Crippen LogP contribution in [0.3, 0.4) is 0 Å². The quantitative estimate of drug-likeness (QED) is 0.337. The third-order valence-electron chi connectivity index (χ3n) is 4.83. The van der Waals surface area contributed by atoms with Crippen molar-refractivity contribution in [2.75, 3.05) is 5.32 Å². The first kappa shape index (κ1) is 19.7. The molecule has 0 aliphatic rings. The van der Waals surface area contributed by atoms with Crippen LogP contribution in [0.5, 0.6) is 0 Å². The van der Waals surface area contributed by atoms with Crippen molar-refractivity contribution < 1.29 is 4.79 Å². The molecule has 2 N–H and O–H groups in total. The first-order valence-electron chi connectivity index (χ1n) is 10.0. The summed E-state index contributed by atoms with van der Waals surface area (Å²) in [5, 5.41) is 9.69. The van der Waals surface area contributed by atoms with E-state index < -0.39 is 0 Å². The Kier molecular flexibility index (Phi) is 5.47. The number of thiophene rings is 1. The highest BCUT2D eigenvalue weighted by Crippen LogP contribution is 2.28. The van der Waals surface area contributed by atoms with Crippen LogP contribution in [0, 0.1) is 0 Å². The van der Waals surface area contributed by atoms with Gasteiger partial charge in [-0.2, -0.15) is 5.10 Å². The Hall–Kier alpha value is -4.23. The minimum absolute atomic E-state index is 0.216. The highest BCUT2D eigenvalue weighted by atomic mass is 32.1. The molecule has 3 aromatic heterocycles. The van der Waals surface area contributed by atoms with Crippen LogP contribution < -0.4 is 5.32 Å². The number of imidazole rings is 1. The number of aromatic nitrogens is 4. The number of carbonyl (C=O) groups excluding carboxylic acids is 1. The zero-order valence-corrected chi connectivity index (χ0v) is 17.8. The fourth-order valence-electron chi connectivity index (χ4n) is 3.34. The zero-order chi connectivity index (χ0) is 21.8. The molecule has 0 radical (unpaired) electrons. The van der Waals surface area contributed by atoms with Crippen LogP contribution in [-0.4, -0.2) is 25.7 Å². The number of anilines is 1. The van der Waals surface area contributed by atoms with Crippen molar-refractivity contribution in [3.05, 3.63) is 102 Å². The molecule has 0 unspecified atom stereocenters. The van der Waals surface area contributed by atoms with Gasteiger partial charge < -0.3 is 10.3 Å². The number of H-pyrrole nitrogens is 1. The van der Waals surface area contributed by atoms with Crippen LogP contribution in [0.1, 0.15) is 5.56 Å². The molecule has 1 amide bonds. The Balaban J connectivity index is 1.39. The third-order valence-corrected chi connectivity index (χ3v) is 5.71. The molecule has 0 atom stereocenters. The second-order valence-corrected chi connectivity index (χ2v) is 7.98. The van der Waals surface area contributed by atoms with Crippen LogP contribution in [0.4, 0.5) is 5.69 Å². The molecule has 0 saturated heterocycles. The number of nitrogens with zero attached hydrogens (tertiary/aromatic N) is 3. The lowest BCUT2D eigenvalue weighted by Crippen LogP contribution is -2.07. The SMILES string of the molecule is O=C(C=Cc1cn(-c2ccccc2)nc1-c1cccs1)Nc1cccc(-c2ncc[nH]2)c1. The highest BCUT2D eigenvalue weighted by molar-refractivity contribution is 7.13. The highest BCUT2D eigenvalue weighted by Gasteiger charge is 2.12. The molecule has 6 nitrogen and oxygen atoms in total. The Morgan fingerprint density at radius 2 is 1.97 bits per heavy atom. The molecule has 0 spiro atoms. The molecule has 5 rings (SSSR count). The summed E-state index contributed by atoms with van der Waals surface area (Å²) in [5.74, 6) is 0.539. The van der Waals surface area contributed by atoms with Gasteiger partial charge in [0.2, 0.25) is 5.91 Å². The van der Waals surface area contributed by atoms with E-state index in [9.17, 15) is 4.79 Å². The summed E-state index contributed by atoms with van der Waals surface area (Å²) >= 11 is 1.62. The summed E-state index contributed by atoms with van der Waals surface area (Å²) in [7, 11) is 0. The van der Waals surface area contributed by atoms with Gasteiger partial charge in [-0.1, -0.05) is 36.4 Å². The zero-order valence-electron chi connectivity index (χ0n) is 17.0. The second-order valence-electron chi connectivity index (χ2n) is 7.03. The van der Waals surface area contributed by atoms with E-state index in [0.717, 1.165) is 33.2 Å². The summed E-state index contributed by atoms with van der Waals surface area (Å²) < 4.78 is 1.83. The average molecular weight is 438 g/mol. The normalized spacial score (nSPS) is 11.1. The Labute approximate surface area is 188 Å². The van der Waals surface area contributed by atoms with E-state index in [0.29, 0.717) is 5.69 Å². The molecule has 32 heavy (non-hydrogen) atoms. The van der Waals surface area contributed by atoms with E-state index >= 15 is 0 Å². The maximum absolute atomic E-state index is 12.6. The first-order valence-corrected chi connectivity index (χ1v) is 10.9. The molecule has 7 heteroatoms. The van der Waals surface area contributed by atoms with Crippen LogP contribution in [-0.2, 0) is 4.79 Å². The largest absolute Gasteiger partial charge is 0.345 e. The molecular formula is C25H19N5OS. The van der Waals surface area contributed by atoms with Gasteiger partial charge in [-0.25, -0.2) is 9.67 Å². The van der Waals surface area contributed by atoms with Gasteiger partial charge in [-0.3, -0.25) is 4.79 Å². The number of benzene rings is 2. The minimum Gasteiger partial charge on any atom is -0.345 e. The number of hydrogen-bond donors (Lipinski definition) is 2. The summed E-state index contributed by atoms with van der Waals surface area (Å²) in [6.45, 7) is 0. The van der Waals surface area contributed by atoms with E-state index in [2.05, 4.69) is 15.3 Å². The molecule has 3 heterocycles. The van der Waals surface area contributed by atoms with Gasteiger partial charge in [-0.05, 0) is 41.8 Å². The van der Waals surface area contributed by atoms with Crippen LogP contribution in [0.2, 0.25) is 0 Å². The molecule has 0 aliphatic heterocycles. The number of rotatable bonds is 6. The molecule has 0 saturated carbocycles. The van der Waals surface area contributed by atoms with Gasteiger partial charge >= 0.3 is 0 Å². The van der Waals surface area contributed by atoms with Crippen molar-refractivity contribution in [2.24, 2.45) is 0 Å². The summed E-state index contributed by atoms with van der Waals surface area (Å²) in [6.07, 6.45) is 8.73. The van der Waals surface area contributed by atoms with E-state index in [1.165, 1.54) is 6.08 Å². The summed E-state index contributed by atoms with van der Waals surface area (Å²) in [5.41, 5.74) is 4.28. The van der Waals surface area contributed by atoms with Crippen molar-refractivity contribution >= 4 is 29.0 Å². The van der Waals surface area contributed by atoms with Gasteiger partial charge in [0.15, 0.2) is 0 Å². The van der Waals surface area contributed by atoms with Crippen molar-refractivity contribution in [3.8, 4) is 27.6 Å². The lowest BCUT2D eigenvalue weighted by atomic mass is 10.2. The van der Waals surface area contributed by atoms with Crippen molar-refractivity contribution in [1.82, 2.24) is 19.7 Å². The number of para-hydroxylation sites is 1. The Morgan fingerprint density at radius 3 is 2.75 bits per heavy atom. The molecule has 0 bridgehead atoms. The van der Waals surface area contributed by atoms with Crippen LogP contribution >= 0.6 is 11.3 Å². The maximum Gasteiger partial charge on any atom is 0.248 e. The Morgan fingerprint density at radius 1 is 1.06 bits per heavy atom. The number of carbonyl (C=O) groups is 1. The fourth-order valence-corrected chi connectivity index (χ4v) is 4.07. The van der Waals surface area contributed by atoms with Crippen LogP contribution in [0.15, 0.2) is 96.8 Å². The van der Waals surface area contributed by atoms with E-state index in [1.807, 2.05) is 83.0 Å². The van der Waals surface area contributed by atoms with Crippen molar-refractivity contribution in [2.45, 2.75) is 0 Å². The van der Waals surface area contributed by atoms with E-state index in [1.54, 1.807) is 29.8 Å². The van der Waals surface area contributed by atoms with Crippen molar-refractivity contribution in [1.29, 1.82) is 0 Å². The van der Waals surface area contributed by atoms with Gasteiger partial charge in [0.05, 0.1) is 10.6 Å². The molecular weight excluding hydrogens is 418 g/mol. The van der Waals surface area contributed by atoms with Gasteiger partial charge in [0.1, 0.15) is 11.5 Å². The molecule has 0 aliphatic carbocycles. The summed E-state index contributed by atoms with van der Waals surface area (Å²) in [4.78, 5) is 21.0. The third kappa shape index (κ3) is 4.28. The lowest BCUT2D eigenvalue weighted by Gasteiger charge is -2.04. The smallest absolute Gasteiger partial charge is 0.248 e. The molecule has 156 valence electrons. The molecule has 0 fully saturated rings. The van der Waals surface area contributed by atoms with E-state index in [4.69, 9.17) is 5.10 Å². The second kappa shape index (κ2) is 8.87. The van der Waals surface area contributed by atoms with Crippen LogP contribution in [0.25, 0.3) is 33.7 Å². The fraction of sp³-hybridized carbons (Fsp3) is 0. The summed E-state index contributed by atoms with van der Waals surface area (Å²) in [6, 6.07) is 21.5. The number of aromatic amines is 1. The number of amides is 1. The standard InChI is InChI=1S/C25H19N5OS/c31-23(28-20-7-4-6-18(16-20)25-26-13-14-27-25)12-11-19-17-30(21-8-2-1-3-9-21)29-24(19)22-10-5-15-32-22/h1-17H,(H,26,27)(H,28,31). The van der Waals surface area contributed by atoms with Gasteiger partial charge in [0.25, 0.3) is 0 Å². The number of hydrogen-bond acceptors (Lipinski definition) is 4.